The van der Waals surface area contributed by atoms with Crippen LogP contribution in [0.1, 0.15) is 6.92 Å². The Kier molecular flexibility index (Phi) is 4.93. The van der Waals surface area contributed by atoms with E-state index in [0.29, 0.717) is 16.2 Å². The fourth-order valence-corrected chi connectivity index (χ4v) is 2.15. The van der Waals surface area contributed by atoms with Crippen molar-refractivity contribution < 1.29 is 14.3 Å². The molecule has 112 valence electrons. The quantitative estimate of drug-likeness (QED) is 0.369. The number of hydrogen-bond acceptors (Lipinski definition) is 7. The fraction of sp³-hybridized carbons (Fsp3) is 0.364. The van der Waals surface area contributed by atoms with Crippen LogP contribution in [-0.4, -0.2) is 50.9 Å². The number of hydrogen-bond donors (Lipinski definition) is 3. The van der Waals surface area contributed by atoms with E-state index in [1.54, 1.807) is 6.92 Å². The van der Waals surface area contributed by atoms with Gasteiger partial charge < -0.3 is 15.0 Å². The minimum Gasteiger partial charge on any atom is -0.465 e. The van der Waals surface area contributed by atoms with Crippen molar-refractivity contribution in [3.05, 3.63) is 16.6 Å². The topological polar surface area (TPSA) is 130 Å². The highest BCUT2D eigenvalue weighted by molar-refractivity contribution is 7.99. The number of carbonyl (C=O) groups is 2. The molecule has 0 bridgehead atoms. The molecule has 1 amide bonds. The van der Waals surface area contributed by atoms with Gasteiger partial charge in [-0.05, 0) is 6.92 Å². The van der Waals surface area contributed by atoms with Crippen LogP contribution in [-0.2, 0) is 14.3 Å². The van der Waals surface area contributed by atoms with E-state index in [0.717, 1.165) is 11.8 Å². The molecule has 0 unspecified atom stereocenters. The Hall–Kier alpha value is -2.36. The van der Waals surface area contributed by atoms with Crippen LogP contribution in [0, 0.1) is 0 Å². The molecule has 2 aromatic rings. The zero-order valence-corrected chi connectivity index (χ0v) is 12.0. The van der Waals surface area contributed by atoms with Crippen molar-refractivity contribution in [2.24, 2.45) is 0 Å². The van der Waals surface area contributed by atoms with E-state index in [2.05, 4.69) is 30.2 Å². The number of nitrogens with one attached hydrogen (secondary N) is 3. The van der Waals surface area contributed by atoms with Gasteiger partial charge in [0.1, 0.15) is 11.9 Å². The van der Waals surface area contributed by atoms with Crippen molar-refractivity contribution in [2.45, 2.75) is 12.1 Å². The van der Waals surface area contributed by atoms with Crippen LogP contribution >= 0.6 is 11.8 Å². The molecule has 3 N–H and O–H groups in total. The van der Waals surface area contributed by atoms with Gasteiger partial charge in [-0.1, -0.05) is 11.8 Å². The van der Waals surface area contributed by atoms with Crippen LogP contribution in [0.5, 0.6) is 0 Å². The molecule has 0 aromatic carbocycles. The summed E-state index contributed by atoms with van der Waals surface area (Å²) in [6.07, 6.45) is 1.38. The largest absolute Gasteiger partial charge is 0.465 e. The van der Waals surface area contributed by atoms with E-state index >= 15 is 0 Å². The van der Waals surface area contributed by atoms with Crippen LogP contribution in [0.3, 0.4) is 0 Å². The lowest BCUT2D eigenvalue weighted by molar-refractivity contribution is -0.143. The Morgan fingerprint density at radius 3 is 3.05 bits per heavy atom. The summed E-state index contributed by atoms with van der Waals surface area (Å²) < 4.78 is 4.68. The van der Waals surface area contributed by atoms with Gasteiger partial charge in [0.2, 0.25) is 5.91 Å². The Labute approximate surface area is 122 Å². The number of esters is 1. The van der Waals surface area contributed by atoms with E-state index < -0.39 is 5.97 Å². The first kappa shape index (κ1) is 15.0. The smallest absolute Gasteiger partial charge is 0.325 e. The summed E-state index contributed by atoms with van der Waals surface area (Å²) in [5.74, 6) is -0.844. The first-order valence-electron chi connectivity index (χ1n) is 6.08. The monoisotopic (exact) mass is 311 g/mol. The fourth-order valence-electron chi connectivity index (χ4n) is 1.46. The second kappa shape index (κ2) is 6.88. The molecular formula is C11H13N5O4S. The highest BCUT2D eigenvalue weighted by Gasteiger charge is 2.09. The molecule has 0 radical (unpaired) electrons. The summed E-state index contributed by atoms with van der Waals surface area (Å²) in [7, 11) is 0. The van der Waals surface area contributed by atoms with Crippen LogP contribution < -0.4 is 10.9 Å². The van der Waals surface area contributed by atoms with E-state index in [9.17, 15) is 14.4 Å². The third kappa shape index (κ3) is 4.05. The zero-order valence-electron chi connectivity index (χ0n) is 11.1. The standard InChI is InChI=1S/C11H13N5O4S/c1-2-20-8(18)4-12-7(17)5-21-11-14-9-6(3-13-16-9)10(19)15-11/h3H,2,4-5H2,1H3,(H,12,17)(H2,13,14,15,16,19). The molecule has 0 aliphatic heterocycles. The molecule has 0 fully saturated rings. The summed E-state index contributed by atoms with van der Waals surface area (Å²) >= 11 is 1.05. The lowest BCUT2D eigenvalue weighted by Gasteiger charge is -2.04. The third-order valence-electron chi connectivity index (χ3n) is 2.37. The third-order valence-corrected chi connectivity index (χ3v) is 3.25. The molecule has 0 aliphatic rings. The minimum absolute atomic E-state index is 0.0159. The maximum atomic E-state index is 11.7. The first-order valence-corrected chi connectivity index (χ1v) is 7.07. The minimum atomic E-state index is -0.499. The van der Waals surface area contributed by atoms with E-state index in [-0.39, 0.29) is 30.4 Å². The van der Waals surface area contributed by atoms with E-state index in [1.165, 1.54) is 6.20 Å². The molecule has 21 heavy (non-hydrogen) atoms. The van der Waals surface area contributed by atoms with Gasteiger partial charge in [0.15, 0.2) is 10.8 Å². The summed E-state index contributed by atoms with van der Waals surface area (Å²) in [6, 6.07) is 0. The highest BCUT2D eigenvalue weighted by Crippen LogP contribution is 2.12. The number of aromatic nitrogens is 4. The van der Waals surface area contributed by atoms with E-state index in [4.69, 9.17) is 0 Å². The van der Waals surface area contributed by atoms with Crippen LogP contribution in [0.2, 0.25) is 0 Å². The molecule has 0 spiro atoms. The lowest BCUT2D eigenvalue weighted by Crippen LogP contribution is -2.31. The maximum Gasteiger partial charge on any atom is 0.325 e. The Bertz CT molecular complexity index is 710. The van der Waals surface area contributed by atoms with Crippen LogP contribution in [0.25, 0.3) is 11.0 Å². The molecular weight excluding hydrogens is 298 g/mol. The summed E-state index contributed by atoms with van der Waals surface area (Å²) in [5.41, 5.74) is 0.0244. The number of aromatic amines is 2. The molecule has 2 heterocycles. The number of rotatable bonds is 6. The number of H-pyrrole nitrogens is 2. The van der Waals surface area contributed by atoms with Gasteiger partial charge in [-0.25, -0.2) is 4.98 Å². The van der Waals surface area contributed by atoms with Crippen molar-refractivity contribution in [2.75, 3.05) is 18.9 Å². The molecule has 0 aliphatic carbocycles. The van der Waals surface area contributed by atoms with Gasteiger partial charge in [0, 0.05) is 0 Å². The predicted octanol–water partition coefficient (Wildman–Crippen LogP) is -0.582. The van der Waals surface area contributed by atoms with Crippen molar-refractivity contribution >= 4 is 34.7 Å². The normalized spacial score (nSPS) is 10.5. The van der Waals surface area contributed by atoms with Gasteiger partial charge in [-0.15, -0.1) is 0 Å². The average molecular weight is 311 g/mol. The lowest BCUT2D eigenvalue weighted by atomic mass is 10.4. The first-order chi connectivity index (χ1) is 10.1. The molecule has 9 nitrogen and oxygen atoms in total. The number of thioether (sulfide) groups is 1. The highest BCUT2D eigenvalue weighted by atomic mass is 32.2. The number of ether oxygens (including phenoxy) is 1. The van der Waals surface area contributed by atoms with Crippen molar-refractivity contribution in [1.29, 1.82) is 0 Å². The van der Waals surface area contributed by atoms with Crippen LogP contribution in [0.4, 0.5) is 0 Å². The van der Waals surface area contributed by atoms with Gasteiger partial charge in [-0.2, -0.15) is 5.10 Å². The van der Waals surface area contributed by atoms with Gasteiger partial charge >= 0.3 is 5.97 Å². The Morgan fingerprint density at radius 1 is 1.48 bits per heavy atom. The van der Waals surface area contributed by atoms with Gasteiger partial charge in [-0.3, -0.25) is 19.5 Å². The summed E-state index contributed by atoms with van der Waals surface area (Å²) in [4.78, 5) is 40.9. The van der Waals surface area contributed by atoms with E-state index in [1.807, 2.05) is 0 Å². The number of fused-ring (bicyclic) bond motifs is 1. The second-order valence-corrected chi connectivity index (χ2v) is 4.84. The summed E-state index contributed by atoms with van der Waals surface area (Å²) in [6.45, 7) is 1.76. The molecule has 2 aromatic heterocycles. The van der Waals surface area contributed by atoms with Gasteiger partial charge in [0.05, 0.1) is 18.6 Å². The molecule has 0 saturated heterocycles. The predicted molar refractivity (Wildman–Crippen MR) is 74.9 cm³/mol. The molecule has 0 saturated carbocycles. The average Bonchev–Trinajstić information content (AvgIpc) is 2.92. The van der Waals surface area contributed by atoms with Crippen molar-refractivity contribution in [3.63, 3.8) is 0 Å². The SMILES string of the molecule is CCOC(=O)CNC(=O)CSc1nc2[nH]ncc2c(=O)[nH]1. The summed E-state index contributed by atoms with van der Waals surface area (Å²) in [5, 5.41) is 9.36. The van der Waals surface area contributed by atoms with Crippen molar-refractivity contribution in [1.82, 2.24) is 25.5 Å². The van der Waals surface area contributed by atoms with Crippen LogP contribution in [0.15, 0.2) is 16.1 Å². The molecule has 0 atom stereocenters. The maximum absolute atomic E-state index is 11.7. The second-order valence-electron chi connectivity index (χ2n) is 3.87. The van der Waals surface area contributed by atoms with Gasteiger partial charge in [0.25, 0.3) is 5.56 Å². The molecule has 10 heteroatoms. The number of amides is 1. The molecule has 2 rings (SSSR count). The zero-order chi connectivity index (χ0) is 15.2. The number of nitrogens with zero attached hydrogens (tertiary/aromatic N) is 2. The Balaban J connectivity index is 1.88. The van der Waals surface area contributed by atoms with Crippen molar-refractivity contribution in [3.8, 4) is 0 Å². The Morgan fingerprint density at radius 2 is 2.29 bits per heavy atom. The number of carbonyl (C=O) groups excluding carboxylic acids is 2.